The number of benzene rings is 2. The number of hydrogen-bond acceptors (Lipinski definition) is 7. The van der Waals surface area contributed by atoms with Gasteiger partial charge in [0.2, 0.25) is 5.88 Å². The van der Waals surface area contributed by atoms with Crippen molar-refractivity contribution >= 4 is 17.4 Å². The van der Waals surface area contributed by atoms with Crippen LogP contribution >= 0.6 is 11.6 Å². The van der Waals surface area contributed by atoms with Crippen LogP contribution in [0.4, 0.5) is 0 Å². The van der Waals surface area contributed by atoms with Gasteiger partial charge in [-0.25, -0.2) is 0 Å². The summed E-state index contributed by atoms with van der Waals surface area (Å²) in [5.74, 6) is 0.392. The quantitative estimate of drug-likeness (QED) is 0.624. The van der Waals surface area contributed by atoms with Gasteiger partial charge in [0.15, 0.2) is 17.3 Å². The zero-order chi connectivity index (χ0) is 24.2. The number of ether oxygens (including phenoxy) is 3. The second-order valence-corrected chi connectivity index (χ2v) is 8.27. The number of Topliss-reactive ketones (excluding diaryl/α,β-unsaturated/α-hetero) is 1. The fourth-order valence-electron chi connectivity index (χ4n) is 4.25. The Balaban J connectivity index is 1.77. The van der Waals surface area contributed by atoms with Crippen molar-refractivity contribution in [2.24, 2.45) is 5.73 Å². The van der Waals surface area contributed by atoms with E-state index in [9.17, 15) is 15.3 Å². The third-order valence-corrected chi connectivity index (χ3v) is 6.06. The third-order valence-electron chi connectivity index (χ3n) is 5.78. The molecule has 7 nitrogen and oxygen atoms in total. The molecule has 0 radical (unpaired) electrons. The van der Waals surface area contributed by atoms with Gasteiger partial charge < -0.3 is 19.9 Å². The lowest BCUT2D eigenvalue weighted by molar-refractivity contribution is -0.116. The molecule has 0 saturated heterocycles. The maximum absolute atomic E-state index is 12.8. The molecule has 34 heavy (non-hydrogen) atoms. The van der Waals surface area contributed by atoms with Crippen LogP contribution in [0, 0.1) is 22.7 Å². The third kappa shape index (κ3) is 4.31. The van der Waals surface area contributed by atoms with Crippen LogP contribution in [0.5, 0.6) is 11.5 Å². The van der Waals surface area contributed by atoms with Gasteiger partial charge in [-0.1, -0.05) is 29.8 Å². The Hall–Kier alpha value is -3.94. The summed E-state index contributed by atoms with van der Waals surface area (Å²) in [4.78, 5) is 12.8. The summed E-state index contributed by atoms with van der Waals surface area (Å²) in [6.45, 7) is 2.28. The van der Waals surface area contributed by atoms with E-state index in [1.54, 1.807) is 30.3 Å². The summed E-state index contributed by atoms with van der Waals surface area (Å²) in [5.41, 5.74) is 8.44. The van der Waals surface area contributed by atoms with Crippen LogP contribution in [0.2, 0.25) is 5.02 Å². The van der Waals surface area contributed by atoms with Crippen LogP contribution in [0.1, 0.15) is 48.8 Å². The number of carbonyl (C=O) groups excluding carboxylic acids is 1. The Morgan fingerprint density at radius 3 is 2.71 bits per heavy atom. The number of hydrogen-bond donors (Lipinski definition) is 1. The number of rotatable bonds is 6. The maximum atomic E-state index is 12.8. The van der Waals surface area contributed by atoms with E-state index in [0.717, 1.165) is 0 Å². The van der Waals surface area contributed by atoms with E-state index in [-0.39, 0.29) is 28.9 Å². The molecular weight excluding hydrogens is 454 g/mol. The topological polar surface area (TPSA) is 118 Å². The first-order chi connectivity index (χ1) is 16.5. The van der Waals surface area contributed by atoms with Crippen LogP contribution in [-0.2, 0) is 16.1 Å². The number of allylic oxidation sites excluding steroid dienone is 3. The van der Waals surface area contributed by atoms with Crippen LogP contribution < -0.4 is 15.2 Å². The average molecular weight is 476 g/mol. The molecule has 1 aliphatic heterocycles. The van der Waals surface area contributed by atoms with Gasteiger partial charge in [-0.15, -0.1) is 0 Å². The zero-order valence-electron chi connectivity index (χ0n) is 18.6. The first-order valence-electron chi connectivity index (χ1n) is 10.9. The fraction of sp³-hybridized carbons (Fsp3) is 0.269. The molecule has 0 aromatic heterocycles. The summed E-state index contributed by atoms with van der Waals surface area (Å²) in [6, 6.07) is 14.7. The Morgan fingerprint density at radius 1 is 1.18 bits per heavy atom. The lowest BCUT2D eigenvalue weighted by Crippen LogP contribution is -2.27. The van der Waals surface area contributed by atoms with E-state index in [4.69, 9.17) is 31.5 Å². The van der Waals surface area contributed by atoms with Crippen molar-refractivity contribution in [2.75, 3.05) is 6.61 Å². The molecule has 1 heterocycles. The van der Waals surface area contributed by atoms with E-state index >= 15 is 0 Å². The first kappa shape index (κ1) is 23.2. The molecule has 0 fully saturated rings. The summed E-state index contributed by atoms with van der Waals surface area (Å²) < 4.78 is 17.4. The number of nitrogens with two attached hydrogens (primary N) is 1. The molecule has 2 N–H and O–H groups in total. The highest BCUT2D eigenvalue weighted by Crippen LogP contribution is 2.47. The van der Waals surface area contributed by atoms with Crippen molar-refractivity contribution in [2.45, 2.75) is 38.7 Å². The van der Waals surface area contributed by atoms with E-state index in [2.05, 4.69) is 12.1 Å². The van der Waals surface area contributed by atoms with Crippen molar-refractivity contribution in [3.8, 4) is 23.6 Å². The van der Waals surface area contributed by atoms with Gasteiger partial charge in [-0.3, -0.25) is 4.79 Å². The van der Waals surface area contributed by atoms with Gasteiger partial charge in [-0.05, 0) is 37.1 Å². The maximum Gasteiger partial charge on any atom is 0.205 e. The number of nitrogens with zero attached hydrogens (tertiary/aromatic N) is 2. The van der Waals surface area contributed by atoms with Crippen LogP contribution in [0.3, 0.4) is 0 Å². The Kier molecular flexibility index (Phi) is 6.77. The Bertz CT molecular complexity index is 1300. The van der Waals surface area contributed by atoms with Crippen LogP contribution in [0.25, 0.3) is 0 Å². The summed E-state index contributed by atoms with van der Waals surface area (Å²) >= 11 is 6.64. The molecular formula is C26H22ClN3O4. The van der Waals surface area contributed by atoms with Gasteiger partial charge in [0.05, 0.1) is 29.2 Å². The molecule has 2 aromatic rings. The van der Waals surface area contributed by atoms with Crippen molar-refractivity contribution < 1.29 is 19.0 Å². The molecule has 4 rings (SSSR count). The number of carbonyl (C=O) groups is 1. The van der Waals surface area contributed by atoms with Crippen molar-refractivity contribution in [1.82, 2.24) is 0 Å². The first-order valence-corrected chi connectivity index (χ1v) is 11.3. The van der Waals surface area contributed by atoms with E-state index in [1.165, 1.54) is 0 Å². The molecule has 0 amide bonds. The van der Waals surface area contributed by atoms with Gasteiger partial charge in [0.25, 0.3) is 0 Å². The number of halogens is 1. The highest BCUT2D eigenvalue weighted by Gasteiger charge is 2.38. The second kappa shape index (κ2) is 9.91. The predicted molar refractivity (Wildman–Crippen MR) is 125 cm³/mol. The van der Waals surface area contributed by atoms with E-state index < -0.39 is 5.92 Å². The summed E-state index contributed by atoms with van der Waals surface area (Å²) in [5, 5.41) is 19.4. The second-order valence-electron chi connectivity index (χ2n) is 7.86. The molecule has 1 atom stereocenters. The zero-order valence-corrected chi connectivity index (χ0v) is 19.3. The molecule has 1 aliphatic carbocycles. The van der Waals surface area contributed by atoms with E-state index in [1.807, 2.05) is 13.0 Å². The molecule has 172 valence electrons. The molecule has 2 aliphatic rings. The highest BCUT2D eigenvalue weighted by molar-refractivity contribution is 6.32. The molecule has 0 spiro atoms. The lowest BCUT2D eigenvalue weighted by atomic mass is 9.77. The van der Waals surface area contributed by atoms with Crippen LogP contribution in [-0.4, -0.2) is 12.4 Å². The van der Waals surface area contributed by atoms with Gasteiger partial charge in [0.1, 0.15) is 24.0 Å². The molecule has 0 saturated carbocycles. The van der Waals surface area contributed by atoms with Crippen molar-refractivity contribution in [1.29, 1.82) is 10.5 Å². The normalized spacial score (nSPS) is 17.4. The van der Waals surface area contributed by atoms with Gasteiger partial charge in [0, 0.05) is 24.0 Å². The van der Waals surface area contributed by atoms with Crippen molar-refractivity contribution in [3.05, 3.63) is 80.9 Å². The molecule has 2 aromatic carbocycles. The SMILES string of the molecule is CCOc1cc([C@H]2C(C#N)=C(N)OC3=C2C(=O)CCC3)cc(Cl)c1OCc1ccccc1C#N. The minimum atomic E-state index is -0.702. The van der Waals surface area contributed by atoms with Gasteiger partial charge >= 0.3 is 0 Å². The minimum Gasteiger partial charge on any atom is -0.490 e. The lowest BCUT2D eigenvalue weighted by Gasteiger charge is -2.31. The smallest absolute Gasteiger partial charge is 0.205 e. The summed E-state index contributed by atoms with van der Waals surface area (Å²) in [7, 11) is 0. The average Bonchev–Trinajstić information content (AvgIpc) is 2.83. The van der Waals surface area contributed by atoms with E-state index in [0.29, 0.717) is 65.4 Å². The predicted octanol–water partition coefficient (Wildman–Crippen LogP) is 5.00. The monoisotopic (exact) mass is 475 g/mol. The standard InChI is InChI=1S/C26H22ClN3O4/c1-2-32-22-11-17(10-19(27)25(22)33-14-16-7-4-3-6-15(16)12-28)23-18(13-29)26(30)34-21-9-5-8-20(31)24(21)23/h3-4,6-7,10-11,23H,2,5,8-9,14,30H2,1H3/t23-/m0/s1. The molecule has 0 bridgehead atoms. The largest absolute Gasteiger partial charge is 0.490 e. The Morgan fingerprint density at radius 2 is 1.97 bits per heavy atom. The number of ketones is 1. The molecule has 0 unspecified atom stereocenters. The number of nitriles is 2. The highest BCUT2D eigenvalue weighted by atomic mass is 35.5. The minimum absolute atomic E-state index is 0.0107. The van der Waals surface area contributed by atoms with Gasteiger partial charge in [-0.2, -0.15) is 10.5 Å². The fourth-order valence-corrected chi connectivity index (χ4v) is 4.53. The molecule has 8 heteroatoms. The van der Waals surface area contributed by atoms with Crippen LogP contribution in [0.15, 0.2) is 59.2 Å². The Labute approximate surface area is 202 Å². The summed E-state index contributed by atoms with van der Waals surface area (Å²) in [6.07, 6.45) is 1.62. The van der Waals surface area contributed by atoms with Crippen molar-refractivity contribution in [3.63, 3.8) is 0 Å².